The second-order valence-corrected chi connectivity index (χ2v) is 3.99. The topological polar surface area (TPSA) is 48.4 Å². The van der Waals surface area contributed by atoms with Gasteiger partial charge in [-0.25, -0.2) is 9.18 Å². The van der Waals surface area contributed by atoms with Crippen LogP contribution in [-0.4, -0.2) is 25.2 Å². The summed E-state index contributed by atoms with van der Waals surface area (Å²) in [5, 5.41) is 0. The summed E-state index contributed by atoms with van der Waals surface area (Å²) in [6, 6.07) is 3.17. The van der Waals surface area contributed by atoms with Crippen LogP contribution in [-0.2, 0) is 19.9 Å². The molecule has 0 saturated carbocycles. The fourth-order valence-corrected chi connectivity index (χ4v) is 2.21. The van der Waals surface area contributed by atoms with Crippen molar-refractivity contribution in [2.45, 2.75) is 24.6 Å². The Morgan fingerprint density at radius 1 is 1.59 bits per heavy atom. The molecule has 1 aliphatic carbocycles. The molecule has 0 N–H and O–H groups in total. The molecule has 0 fully saturated rings. The third kappa shape index (κ3) is 1.80. The van der Waals surface area contributed by atoms with Gasteiger partial charge in [-0.2, -0.15) is 0 Å². The van der Waals surface area contributed by atoms with Crippen LogP contribution >= 0.6 is 0 Å². The average molecular weight is 239 g/mol. The Morgan fingerprint density at radius 2 is 2.35 bits per heavy atom. The summed E-state index contributed by atoms with van der Waals surface area (Å²) in [4.78, 5) is 15.7. The average Bonchev–Trinajstić information content (AvgIpc) is 2.38. The Kier molecular flexibility index (Phi) is 3.11. The molecule has 0 spiro atoms. The van der Waals surface area contributed by atoms with E-state index in [9.17, 15) is 9.18 Å². The van der Waals surface area contributed by atoms with Crippen LogP contribution in [0.1, 0.15) is 30.2 Å². The van der Waals surface area contributed by atoms with Crippen molar-refractivity contribution >= 4 is 5.97 Å². The van der Waals surface area contributed by atoms with E-state index in [4.69, 9.17) is 4.74 Å². The largest absolute Gasteiger partial charge is 0.466 e. The minimum absolute atomic E-state index is 0.0525. The van der Waals surface area contributed by atoms with Gasteiger partial charge in [0.25, 0.3) is 0 Å². The number of alkyl halides is 1. The highest BCUT2D eigenvalue weighted by Crippen LogP contribution is 2.43. The maximum absolute atomic E-state index is 14.7. The Labute approximate surface area is 98.8 Å². The Hall–Kier alpha value is -1.49. The molecule has 0 radical (unpaired) electrons. The molecule has 1 aromatic rings. The molecule has 0 amide bonds. The number of pyridine rings is 1. The molecule has 0 bridgehead atoms. The lowest BCUT2D eigenvalue weighted by Crippen LogP contribution is -2.37. The monoisotopic (exact) mass is 239 g/mol. The van der Waals surface area contributed by atoms with E-state index in [-0.39, 0.29) is 18.1 Å². The highest BCUT2D eigenvalue weighted by atomic mass is 19.1. The van der Waals surface area contributed by atoms with E-state index in [1.54, 1.807) is 25.4 Å². The van der Waals surface area contributed by atoms with Crippen LogP contribution in [0, 0.1) is 0 Å². The number of hydrogen-bond donors (Lipinski definition) is 0. The number of nitrogens with zero attached hydrogens (tertiary/aromatic N) is 1. The number of halogens is 1. The lowest BCUT2D eigenvalue weighted by atomic mass is 9.81. The van der Waals surface area contributed by atoms with Gasteiger partial charge in [0.1, 0.15) is 0 Å². The SMILES string of the molecule is COC(=O)[C@@]1(F)CC[C@H](OC)c2ncccc21. The number of esters is 1. The normalized spacial score (nSPS) is 27.4. The molecule has 0 aliphatic heterocycles. The summed E-state index contributed by atoms with van der Waals surface area (Å²) in [5.74, 6) is -0.874. The smallest absolute Gasteiger partial charge is 0.348 e. The molecule has 1 aliphatic rings. The Balaban J connectivity index is 2.51. The van der Waals surface area contributed by atoms with Gasteiger partial charge in [-0.15, -0.1) is 0 Å². The van der Waals surface area contributed by atoms with Crippen molar-refractivity contribution in [2.24, 2.45) is 0 Å². The van der Waals surface area contributed by atoms with Gasteiger partial charge in [0.15, 0.2) is 0 Å². The summed E-state index contributed by atoms with van der Waals surface area (Å²) in [5.41, 5.74) is -1.37. The summed E-state index contributed by atoms with van der Waals surface area (Å²) >= 11 is 0. The predicted molar refractivity (Wildman–Crippen MR) is 58.0 cm³/mol. The molecule has 0 aromatic carbocycles. The molecule has 17 heavy (non-hydrogen) atoms. The van der Waals surface area contributed by atoms with Crippen molar-refractivity contribution < 1.29 is 18.7 Å². The number of carbonyl (C=O) groups excluding carboxylic acids is 1. The summed E-state index contributed by atoms with van der Waals surface area (Å²) in [7, 11) is 2.73. The van der Waals surface area contributed by atoms with Crippen molar-refractivity contribution in [1.29, 1.82) is 0 Å². The third-order valence-electron chi connectivity index (χ3n) is 3.11. The summed E-state index contributed by atoms with van der Waals surface area (Å²) in [6.45, 7) is 0. The molecule has 1 heterocycles. The minimum Gasteiger partial charge on any atom is -0.466 e. The van der Waals surface area contributed by atoms with Crippen molar-refractivity contribution in [3.8, 4) is 0 Å². The molecular weight excluding hydrogens is 225 g/mol. The van der Waals surface area contributed by atoms with Gasteiger partial charge in [-0.05, 0) is 18.9 Å². The van der Waals surface area contributed by atoms with E-state index >= 15 is 0 Å². The number of methoxy groups -OCH3 is 2. The zero-order valence-electron chi connectivity index (χ0n) is 9.77. The van der Waals surface area contributed by atoms with Gasteiger partial charge < -0.3 is 9.47 Å². The number of carbonyl (C=O) groups is 1. The first kappa shape index (κ1) is 12.0. The predicted octanol–water partition coefficient (Wildman–Crippen LogP) is 1.90. The van der Waals surface area contributed by atoms with Crippen LogP contribution in [0.4, 0.5) is 4.39 Å². The highest BCUT2D eigenvalue weighted by molar-refractivity contribution is 5.81. The van der Waals surface area contributed by atoms with Crippen molar-refractivity contribution in [3.63, 3.8) is 0 Å². The van der Waals surface area contributed by atoms with E-state index < -0.39 is 11.6 Å². The van der Waals surface area contributed by atoms with Gasteiger partial charge in [-0.3, -0.25) is 4.98 Å². The van der Waals surface area contributed by atoms with E-state index in [2.05, 4.69) is 9.72 Å². The maximum atomic E-state index is 14.7. The Bertz CT molecular complexity index is 438. The molecule has 0 unspecified atom stereocenters. The molecule has 92 valence electrons. The van der Waals surface area contributed by atoms with Crippen LogP contribution in [0.15, 0.2) is 18.3 Å². The van der Waals surface area contributed by atoms with E-state index in [1.807, 2.05) is 0 Å². The number of hydrogen-bond acceptors (Lipinski definition) is 4. The molecule has 1 aromatic heterocycles. The minimum atomic E-state index is -2.10. The fraction of sp³-hybridized carbons (Fsp3) is 0.500. The standard InChI is InChI=1S/C12H14FNO3/c1-16-9-5-6-12(13,11(15)17-2)8-4-3-7-14-10(8)9/h3-4,7,9H,5-6H2,1-2H3/t9-,12+/m0/s1. The van der Waals surface area contributed by atoms with Crippen molar-refractivity contribution in [2.75, 3.05) is 14.2 Å². The number of aromatic nitrogens is 1. The van der Waals surface area contributed by atoms with Crippen LogP contribution in [0.5, 0.6) is 0 Å². The number of rotatable bonds is 2. The quantitative estimate of drug-likeness (QED) is 0.739. The molecule has 5 heteroatoms. The lowest BCUT2D eigenvalue weighted by Gasteiger charge is -2.32. The summed E-state index contributed by atoms with van der Waals surface area (Å²) < 4.78 is 24.5. The van der Waals surface area contributed by atoms with E-state index in [1.165, 1.54) is 7.11 Å². The first-order valence-electron chi connectivity index (χ1n) is 5.39. The molecule has 0 saturated heterocycles. The first-order chi connectivity index (χ1) is 8.13. The molecule has 4 nitrogen and oxygen atoms in total. The number of ether oxygens (including phenoxy) is 2. The second kappa shape index (κ2) is 4.41. The van der Waals surface area contributed by atoms with Gasteiger partial charge in [0.05, 0.1) is 18.9 Å². The van der Waals surface area contributed by atoms with Crippen LogP contribution in [0.25, 0.3) is 0 Å². The van der Waals surface area contributed by atoms with Crippen molar-refractivity contribution in [1.82, 2.24) is 4.98 Å². The van der Waals surface area contributed by atoms with Crippen LogP contribution in [0.3, 0.4) is 0 Å². The van der Waals surface area contributed by atoms with Gasteiger partial charge >= 0.3 is 5.97 Å². The van der Waals surface area contributed by atoms with Crippen molar-refractivity contribution in [3.05, 3.63) is 29.6 Å². The fourth-order valence-electron chi connectivity index (χ4n) is 2.21. The Morgan fingerprint density at radius 3 is 3.00 bits per heavy atom. The van der Waals surface area contributed by atoms with Crippen LogP contribution in [0.2, 0.25) is 0 Å². The van der Waals surface area contributed by atoms with Gasteiger partial charge in [-0.1, -0.05) is 6.07 Å². The molecule has 2 rings (SSSR count). The lowest BCUT2D eigenvalue weighted by molar-refractivity contribution is -0.157. The van der Waals surface area contributed by atoms with Gasteiger partial charge in [0.2, 0.25) is 5.67 Å². The van der Waals surface area contributed by atoms with Gasteiger partial charge in [0, 0.05) is 18.9 Å². The first-order valence-corrected chi connectivity index (χ1v) is 5.39. The molecular formula is C12H14FNO3. The molecule has 2 atom stereocenters. The highest BCUT2D eigenvalue weighted by Gasteiger charge is 2.48. The van der Waals surface area contributed by atoms with Crippen LogP contribution < -0.4 is 0 Å². The summed E-state index contributed by atoms with van der Waals surface area (Å²) in [6.07, 6.45) is 1.76. The maximum Gasteiger partial charge on any atom is 0.348 e. The zero-order chi connectivity index (χ0) is 12.5. The third-order valence-corrected chi connectivity index (χ3v) is 3.11. The van der Waals surface area contributed by atoms with E-state index in [0.717, 1.165) is 0 Å². The second-order valence-electron chi connectivity index (χ2n) is 3.99. The van der Waals surface area contributed by atoms with E-state index in [0.29, 0.717) is 12.1 Å². The zero-order valence-corrected chi connectivity index (χ0v) is 9.77. The number of fused-ring (bicyclic) bond motifs is 1.